The first-order valence-corrected chi connectivity index (χ1v) is 7.55. The molecule has 0 amide bonds. The van der Waals surface area contributed by atoms with Gasteiger partial charge in [-0.1, -0.05) is 23.7 Å². The third-order valence-electron chi connectivity index (χ3n) is 3.48. The van der Waals surface area contributed by atoms with Gasteiger partial charge in [0.1, 0.15) is 0 Å². The first-order valence-electron chi connectivity index (χ1n) is 6.38. The molecule has 1 saturated heterocycles. The molecule has 0 bridgehead atoms. The zero-order valence-electron chi connectivity index (χ0n) is 10.7. The Kier molecular flexibility index (Phi) is 3.65. The minimum Gasteiger partial charge on any atom is -0.367 e. The van der Waals surface area contributed by atoms with Crippen LogP contribution in [0.3, 0.4) is 0 Å². The largest absolute Gasteiger partial charge is 0.367 e. The highest BCUT2D eigenvalue weighted by atomic mass is 79.9. The molecule has 100 valence electrons. The lowest BCUT2D eigenvalue weighted by molar-refractivity contribution is 0.589. The second-order valence-corrected chi connectivity index (χ2v) is 5.93. The Morgan fingerprint density at radius 3 is 2.79 bits per heavy atom. The first-order chi connectivity index (χ1) is 9.18. The van der Waals surface area contributed by atoms with Gasteiger partial charge in [-0.3, -0.25) is 4.98 Å². The van der Waals surface area contributed by atoms with Gasteiger partial charge in [-0.25, -0.2) is 0 Å². The number of anilines is 1. The molecule has 1 N–H and O–H groups in total. The minimum atomic E-state index is 0.712. The van der Waals surface area contributed by atoms with Crippen LogP contribution in [0.15, 0.2) is 22.7 Å². The van der Waals surface area contributed by atoms with Gasteiger partial charge in [-0.05, 0) is 28.9 Å². The maximum absolute atomic E-state index is 6.28. The van der Waals surface area contributed by atoms with E-state index >= 15 is 0 Å². The number of halogens is 2. The summed E-state index contributed by atoms with van der Waals surface area (Å²) in [5.74, 6) is 0. The minimum absolute atomic E-state index is 0.712. The van der Waals surface area contributed by atoms with Crippen molar-refractivity contribution in [2.75, 3.05) is 31.1 Å². The van der Waals surface area contributed by atoms with Crippen LogP contribution in [0.1, 0.15) is 5.69 Å². The summed E-state index contributed by atoms with van der Waals surface area (Å²) in [6.45, 7) is 6.04. The normalized spacial score (nSPS) is 16.1. The molecule has 0 atom stereocenters. The summed E-state index contributed by atoms with van der Waals surface area (Å²) in [6, 6.07) is 5.97. The van der Waals surface area contributed by atoms with Crippen molar-refractivity contribution in [1.29, 1.82) is 0 Å². The molecule has 0 unspecified atom stereocenters. The summed E-state index contributed by atoms with van der Waals surface area (Å²) in [6.07, 6.45) is 0. The van der Waals surface area contributed by atoms with Crippen molar-refractivity contribution in [1.82, 2.24) is 10.3 Å². The summed E-state index contributed by atoms with van der Waals surface area (Å²) in [7, 11) is 0. The highest BCUT2D eigenvalue weighted by molar-refractivity contribution is 9.10. The van der Waals surface area contributed by atoms with E-state index < -0.39 is 0 Å². The lowest BCUT2D eigenvalue weighted by Gasteiger charge is -2.31. The van der Waals surface area contributed by atoms with Crippen LogP contribution in [-0.2, 0) is 0 Å². The number of nitrogens with one attached hydrogen (secondary N) is 1. The van der Waals surface area contributed by atoms with Gasteiger partial charge >= 0.3 is 0 Å². The molecule has 1 aromatic heterocycles. The molecule has 0 saturated carbocycles. The Morgan fingerprint density at radius 1 is 1.32 bits per heavy atom. The van der Waals surface area contributed by atoms with E-state index in [0.29, 0.717) is 5.02 Å². The van der Waals surface area contributed by atoms with Gasteiger partial charge in [0.2, 0.25) is 0 Å². The molecule has 0 radical (unpaired) electrons. The zero-order chi connectivity index (χ0) is 13.4. The van der Waals surface area contributed by atoms with Crippen molar-refractivity contribution in [3.8, 4) is 0 Å². The number of benzene rings is 1. The van der Waals surface area contributed by atoms with Gasteiger partial charge in [-0.15, -0.1) is 0 Å². The number of rotatable bonds is 1. The fourth-order valence-electron chi connectivity index (χ4n) is 2.52. The van der Waals surface area contributed by atoms with E-state index in [0.717, 1.165) is 47.2 Å². The van der Waals surface area contributed by atoms with Gasteiger partial charge < -0.3 is 10.2 Å². The lowest BCUT2D eigenvalue weighted by atomic mass is 10.1. The summed E-state index contributed by atoms with van der Waals surface area (Å²) < 4.78 is 1.07. The molecule has 1 aromatic carbocycles. The van der Waals surface area contributed by atoms with Crippen molar-refractivity contribution >= 4 is 44.1 Å². The molecule has 2 heterocycles. The summed E-state index contributed by atoms with van der Waals surface area (Å²) in [5.41, 5.74) is 3.08. The smallest absolute Gasteiger partial charge is 0.0913 e. The number of pyridine rings is 1. The summed E-state index contributed by atoms with van der Waals surface area (Å²) >= 11 is 9.98. The molecule has 1 aliphatic heterocycles. The molecule has 0 spiro atoms. The standard InChI is InChI=1S/C14H15BrClN3/c1-9-12(15)14(19-7-5-17-6-8-19)10-3-2-4-11(16)13(10)18-9/h2-4,17H,5-8H2,1H3. The lowest BCUT2D eigenvalue weighted by Crippen LogP contribution is -2.43. The average Bonchev–Trinajstić information content (AvgIpc) is 2.42. The SMILES string of the molecule is Cc1nc2c(Cl)cccc2c(N2CCNCC2)c1Br. The monoisotopic (exact) mass is 339 g/mol. The number of aryl methyl sites for hydroxylation is 1. The van der Waals surface area contributed by atoms with Crippen molar-refractivity contribution in [2.24, 2.45) is 0 Å². The average molecular weight is 341 g/mol. The van der Waals surface area contributed by atoms with E-state index in [1.807, 2.05) is 19.1 Å². The number of nitrogens with zero attached hydrogens (tertiary/aromatic N) is 2. The maximum Gasteiger partial charge on any atom is 0.0913 e. The number of para-hydroxylation sites is 1. The van der Waals surface area contributed by atoms with E-state index in [2.05, 4.69) is 37.2 Å². The van der Waals surface area contributed by atoms with Gasteiger partial charge in [0.25, 0.3) is 0 Å². The predicted octanol–water partition coefficient (Wildman–Crippen LogP) is 3.37. The van der Waals surface area contributed by atoms with E-state index in [1.165, 1.54) is 5.69 Å². The van der Waals surface area contributed by atoms with Gasteiger partial charge in [0.05, 0.1) is 26.4 Å². The van der Waals surface area contributed by atoms with E-state index in [1.54, 1.807) is 0 Å². The molecule has 1 fully saturated rings. The van der Waals surface area contributed by atoms with Gasteiger partial charge in [0.15, 0.2) is 0 Å². The van der Waals surface area contributed by atoms with Crippen LogP contribution in [0, 0.1) is 6.92 Å². The fourth-order valence-corrected chi connectivity index (χ4v) is 3.29. The van der Waals surface area contributed by atoms with E-state index in [4.69, 9.17) is 11.6 Å². The Bertz CT molecular complexity index is 624. The van der Waals surface area contributed by atoms with Crippen molar-refractivity contribution in [2.45, 2.75) is 6.92 Å². The third kappa shape index (κ3) is 2.33. The van der Waals surface area contributed by atoms with Crippen LogP contribution in [0.2, 0.25) is 5.02 Å². The molecular weight excluding hydrogens is 326 g/mol. The number of aromatic nitrogens is 1. The van der Waals surface area contributed by atoms with Crippen molar-refractivity contribution < 1.29 is 0 Å². The Balaban J connectivity index is 2.25. The molecule has 5 heteroatoms. The molecule has 1 aliphatic rings. The quantitative estimate of drug-likeness (QED) is 0.863. The predicted molar refractivity (Wildman–Crippen MR) is 84.3 cm³/mol. The molecule has 3 nitrogen and oxygen atoms in total. The molecule has 0 aliphatic carbocycles. The molecule has 19 heavy (non-hydrogen) atoms. The molecular formula is C14H15BrClN3. The summed E-state index contributed by atoms with van der Waals surface area (Å²) in [5, 5.41) is 5.21. The van der Waals surface area contributed by atoms with Crippen LogP contribution >= 0.6 is 27.5 Å². The second kappa shape index (κ2) is 5.27. The molecule has 2 aromatic rings. The first kappa shape index (κ1) is 13.2. The van der Waals surface area contributed by atoms with Crippen LogP contribution < -0.4 is 10.2 Å². The second-order valence-electron chi connectivity index (χ2n) is 4.73. The molecule has 3 rings (SSSR count). The Morgan fingerprint density at radius 2 is 2.05 bits per heavy atom. The topological polar surface area (TPSA) is 28.2 Å². The number of hydrogen-bond donors (Lipinski definition) is 1. The maximum atomic E-state index is 6.28. The number of piperazine rings is 1. The summed E-state index contributed by atoms with van der Waals surface area (Å²) in [4.78, 5) is 7.01. The van der Waals surface area contributed by atoms with Gasteiger partial charge in [-0.2, -0.15) is 0 Å². The van der Waals surface area contributed by atoms with Crippen molar-refractivity contribution in [3.05, 3.63) is 33.4 Å². The number of hydrogen-bond acceptors (Lipinski definition) is 3. The highest BCUT2D eigenvalue weighted by Crippen LogP contribution is 2.37. The van der Waals surface area contributed by atoms with Crippen LogP contribution in [0.4, 0.5) is 5.69 Å². The fraction of sp³-hybridized carbons (Fsp3) is 0.357. The van der Waals surface area contributed by atoms with E-state index in [-0.39, 0.29) is 0 Å². The van der Waals surface area contributed by atoms with Crippen molar-refractivity contribution in [3.63, 3.8) is 0 Å². The third-order valence-corrected chi connectivity index (χ3v) is 4.73. The Labute approximate surface area is 126 Å². The zero-order valence-corrected chi connectivity index (χ0v) is 13.1. The van der Waals surface area contributed by atoms with Gasteiger partial charge in [0, 0.05) is 31.6 Å². The highest BCUT2D eigenvalue weighted by Gasteiger charge is 2.19. The Hall–Kier alpha value is -0.840. The van der Waals surface area contributed by atoms with Crippen LogP contribution in [-0.4, -0.2) is 31.2 Å². The number of fused-ring (bicyclic) bond motifs is 1. The van der Waals surface area contributed by atoms with E-state index in [9.17, 15) is 0 Å². The van der Waals surface area contributed by atoms with Crippen LogP contribution in [0.5, 0.6) is 0 Å². The van der Waals surface area contributed by atoms with Crippen LogP contribution in [0.25, 0.3) is 10.9 Å².